The van der Waals surface area contributed by atoms with Crippen molar-refractivity contribution < 1.29 is 54.3 Å². The zero-order valence-electron chi connectivity index (χ0n) is 37.7. The summed E-state index contributed by atoms with van der Waals surface area (Å²) < 4.78 is 73.3. The van der Waals surface area contributed by atoms with Gasteiger partial charge in [-0.1, -0.05) is 148 Å². The number of nitrogens with two attached hydrogens (primary N) is 1. The van der Waals surface area contributed by atoms with Crippen molar-refractivity contribution in [1.82, 2.24) is 0 Å². The summed E-state index contributed by atoms with van der Waals surface area (Å²) in [7, 11) is -5.59. The van der Waals surface area contributed by atoms with E-state index in [4.69, 9.17) is 27.2 Å². The number of hydrogen-bond acceptors (Lipinski definition) is 9. The monoisotopic (exact) mass is 776 g/mol. The molecule has 11 nitrogen and oxygen atoms in total. The van der Waals surface area contributed by atoms with Gasteiger partial charge in [0.1, 0.15) is 12.6 Å². The maximum Gasteiger partial charge on any atom is 0.472 e. The first kappa shape index (κ1) is 43.9. The summed E-state index contributed by atoms with van der Waals surface area (Å²) in [6, 6.07) is -1.80. The zero-order chi connectivity index (χ0) is 42.4. The summed E-state index contributed by atoms with van der Waals surface area (Å²) in [5, 5.41) is 8.92. The molecule has 0 aliphatic heterocycles. The topological polar surface area (TPSA) is 172 Å². The van der Waals surface area contributed by atoms with Crippen LogP contribution in [-0.2, 0) is 37.5 Å². The van der Waals surface area contributed by atoms with Crippen LogP contribution in [-0.4, -0.2) is 89.3 Å². The molecule has 0 aliphatic rings. The molecule has 1 unspecified atom stereocenters. The van der Waals surface area contributed by atoms with Gasteiger partial charge in [0, 0.05) is 42.4 Å². The molecule has 0 aliphatic carbocycles. The zero-order valence-corrected chi connectivity index (χ0v) is 35.6. The van der Waals surface area contributed by atoms with E-state index in [1.54, 1.807) is 0 Å². The van der Waals surface area contributed by atoms with Crippen LogP contribution in [0.25, 0.3) is 0 Å². The predicted octanol–water partition coefficient (Wildman–Crippen LogP) is 9.73. The van der Waals surface area contributed by atoms with E-state index >= 15 is 0 Å². The van der Waals surface area contributed by atoms with Crippen LogP contribution in [0.3, 0.4) is 0 Å². The van der Waals surface area contributed by atoms with Crippen LogP contribution in [0.5, 0.6) is 0 Å². The summed E-state index contributed by atoms with van der Waals surface area (Å²) in [4.78, 5) is 46.7. The van der Waals surface area contributed by atoms with Gasteiger partial charge in [0.2, 0.25) is 0 Å². The third kappa shape index (κ3) is 37.5. The number of phosphoric acid groups is 1. The molecule has 4 N–H and O–H groups in total. The van der Waals surface area contributed by atoms with Crippen molar-refractivity contribution in [2.45, 2.75) is 199 Å². The Morgan fingerprint density at radius 1 is 0.673 bits per heavy atom. The molecule has 0 rings (SSSR count). The molecule has 13 heteroatoms. The SMILES string of the molecule is [2H]C([2H])(OC(=O)CCCCCCCCCCCCCCCC)[C@@]([2H])(OC(=O)CCCCCCC/C=C\CCCCCC)C([2H])([2H])OP(=O)(O)OC[C@H](N)C(=O)O.[Na]. The number of aliphatic carboxylic acids is 1. The summed E-state index contributed by atoms with van der Waals surface area (Å²) >= 11 is 0. The van der Waals surface area contributed by atoms with Gasteiger partial charge in [0.05, 0.1) is 20.0 Å². The average Bonchev–Trinajstić information content (AvgIpc) is 3.11. The number of esters is 2. The Labute approximate surface area is 345 Å². The number of rotatable bonds is 38. The van der Waals surface area contributed by atoms with Gasteiger partial charge in [0.25, 0.3) is 0 Å². The van der Waals surface area contributed by atoms with Crippen molar-refractivity contribution in [2.75, 3.05) is 19.7 Å². The van der Waals surface area contributed by atoms with E-state index in [0.717, 1.165) is 57.8 Å². The van der Waals surface area contributed by atoms with Gasteiger partial charge in [-0.15, -0.1) is 0 Å². The van der Waals surface area contributed by atoms with E-state index in [9.17, 15) is 23.8 Å². The number of carbonyl (C=O) groups excluding carboxylic acids is 2. The van der Waals surface area contributed by atoms with Crippen LogP contribution < -0.4 is 5.73 Å². The van der Waals surface area contributed by atoms with Crippen molar-refractivity contribution in [3.05, 3.63) is 12.2 Å². The van der Waals surface area contributed by atoms with Crippen LogP contribution in [0.2, 0.25) is 0 Å². The second-order valence-electron chi connectivity index (χ2n) is 13.3. The van der Waals surface area contributed by atoms with Crippen LogP contribution >= 0.6 is 7.82 Å². The molecule has 0 spiro atoms. The fraction of sp³-hybridized carbons (Fsp3) is 0.872. The van der Waals surface area contributed by atoms with Crippen molar-refractivity contribution in [2.24, 2.45) is 5.73 Å². The number of carboxylic acid groups (broad SMARTS) is 1. The Morgan fingerprint density at radius 2 is 1.08 bits per heavy atom. The van der Waals surface area contributed by atoms with Crippen molar-refractivity contribution in [3.63, 3.8) is 0 Å². The Bertz CT molecular complexity index is 1160. The van der Waals surface area contributed by atoms with Crippen LogP contribution in [0.15, 0.2) is 12.2 Å². The minimum atomic E-state index is -5.59. The molecular formula is C39H74NNaO10P. The van der Waals surface area contributed by atoms with E-state index in [-0.39, 0.29) is 48.8 Å². The van der Waals surface area contributed by atoms with Crippen molar-refractivity contribution >= 4 is 55.3 Å². The molecule has 0 aromatic carbocycles. The molecule has 301 valence electrons. The number of allylic oxidation sites excluding steroid dienone is 2. The summed E-state index contributed by atoms with van der Waals surface area (Å²) in [6.07, 6.45) is 25.4. The first-order valence-electron chi connectivity index (χ1n) is 22.2. The first-order chi connectivity index (χ1) is 26.4. The fourth-order valence-electron chi connectivity index (χ4n) is 5.20. The van der Waals surface area contributed by atoms with E-state index in [0.29, 0.717) is 19.3 Å². The number of hydrogen-bond donors (Lipinski definition) is 3. The largest absolute Gasteiger partial charge is 0.480 e. The molecule has 0 amide bonds. The number of carboxylic acids is 1. The van der Waals surface area contributed by atoms with Crippen LogP contribution in [0.1, 0.15) is 194 Å². The van der Waals surface area contributed by atoms with E-state index in [1.807, 2.05) is 0 Å². The van der Waals surface area contributed by atoms with Gasteiger partial charge >= 0.3 is 25.7 Å². The molecule has 0 heterocycles. The molecule has 1 radical (unpaired) electrons. The molecular weight excluding hydrogens is 696 g/mol. The first-order valence-corrected chi connectivity index (χ1v) is 21.2. The normalized spacial score (nSPS) is 16.3. The Morgan fingerprint density at radius 3 is 1.54 bits per heavy atom. The Balaban J connectivity index is 0. The standard InChI is InChI=1S/C39H74NO10P.Na/c1-3-5-7-9-11-13-15-17-19-20-22-24-26-28-30-37(41)47-32-35(33-48-51(45,46)49-34-36(40)39(43)44)50-38(42)31-29-27-25-23-21-18-16-14-12-10-8-6-4-2;/h14,16,35-36H,3-13,15,17-34,40H2,1-2H3,(H,43,44)(H,45,46);/b16-14-;/t35-,36+;/m1./s1/i32D2,33D2,35D;. The number of carbonyl (C=O) groups is 3. The van der Waals surface area contributed by atoms with Gasteiger partial charge in [-0.25, -0.2) is 4.57 Å². The van der Waals surface area contributed by atoms with Crippen LogP contribution in [0, 0.1) is 0 Å². The van der Waals surface area contributed by atoms with Gasteiger partial charge in [0.15, 0.2) is 6.08 Å². The van der Waals surface area contributed by atoms with Crippen LogP contribution in [0.4, 0.5) is 0 Å². The Hall–Kier alpha value is -0.780. The summed E-state index contributed by atoms with van der Waals surface area (Å²) in [5.41, 5.74) is 5.26. The van der Waals surface area contributed by atoms with Gasteiger partial charge in [-0.2, -0.15) is 0 Å². The second-order valence-corrected chi connectivity index (χ2v) is 14.6. The van der Waals surface area contributed by atoms with E-state index in [2.05, 4.69) is 35.0 Å². The smallest absolute Gasteiger partial charge is 0.472 e. The van der Waals surface area contributed by atoms with Crippen molar-refractivity contribution in [3.8, 4) is 0 Å². The van der Waals surface area contributed by atoms with Gasteiger partial charge < -0.3 is 25.2 Å². The van der Waals surface area contributed by atoms with E-state index in [1.165, 1.54) is 77.0 Å². The third-order valence-electron chi connectivity index (χ3n) is 8.34. The van der Waals surface area contributed by atoms with Gasteiger partial charge in [-0.05, 0) is 38.5 Å². The Kier molecular flexibility index (Phi) is 32.5. The third-order valence-corrected chi connectivity index (χ3v) is 9.14. The fourth-order valence-corrected chi connectivity index (χ4v) is 5.80. The molecule has 0 aromatic heterocycles. The predicted molar refractivity (Wildman–Crippen MR) is 209 cm³/mol. The number of ether oxygens (including phenoxy) is 2. The molecule has 0 saturated carbocycles. The van der Waals surface area contributed by atoms with Crippen molar-refractivity contribution in [1.29, 1.82) is 0 Å². The minimum absolute atomic E-state index is 0. The average molecular weight is 776 g/mol. The van der Waals surface area contributed by atoms with E-state index < -0.39 is 57.6 Å². The molecule has 0 aromatic rings. The summed E-state index contributed by atoms with van der Waals surface area (Å²) in [6.45, 7) is -4.41. The maximum atomic E-state index is 12.9. The quantitative estimate of drug-likeness (QED) is 0.0179. The number of phosphoric ester groups is 1. The molecule has 0 bridgehead atoms. The molecule has 0 fully saturated rings. The number of unbranched alkanes of at least 4 members (excludes halogenated alkanes) is 22. The second kappa shape index (κ2) is 38.5. The molecule has 0 saturated heterocycles. The summed E-state index contributed by atoms with van der Waals surface area (Å²) in [5.74, 6) is -3.98. The minimum Gasteiger partial charge on any atom is -0.480 e. The maximum absolute atomic E-state index is 12.9. The molecule has 52 heavy (non-hydrogen) atoms. The molecule has 3 atom stereocenters. The van der Waals surface area contributed by atoms with Gasteiger partial charge in [-0.3, -0.25) is 23.4 Å².